The summed E-state index contributed by atoms with van der Waals surface area (Å²) in [5.41, 5.74) is 0.443. The van der Waals surface area contributed by atoms with Crippen molar-refractivity contribution in [2.45, 2.75) is 16.5 Å². The van der Waals surface area contributed by atoms with Gasteiger partial charge in [-0.25, -0.2) is 13.4 Å². The van der Waals surface area contributed by atoms with Gasteiger partial charge >= 0.3 is 0 Å². The van der Waals surface area contributed by atoms with E-state index in [2.05, 4.69) is 4.98 Å². The summed E-state index contributed by atoms with van der Waals surface area (Å²) >= 11 is 1.26. The van der Waals surface area contributed by atoms with Gasteiger partial charge in [0.2, 0.25) is 0 Å². The number of carbonyl (C=O) groups excluding carboxylic acids is 1. The van der Waals surface area contributed by atoms with Crippen LogP contribution in [0.2, 0.25) is 0 Å². The molecule has 3 aromatic rings. The van der Waals surface area contributed by atoms with E-state index in [9.17, 15) is 13.2 Å². The van der Waals surface area contributed by atoms with E-state index < -0.39 is 9.84 Å². The second-order valence-corrected chi connectivity index (χ2v) is 9.27. The van der Waals surface area contributed by atoms with Gasteiger partial charge in [0, 0.05) is 19.0 Å². The molecular formula is C20H20N2O4S2. The quantitative estimate of drug-likeness (QED) is 0.523. The number of nitrogens with zero attached hydrogens (tertiary/aromatic N) is 2. The van der Waals surface area contributed by atoms with Crippen molar-refractivity contribution in [2.75, 3.05) is 18.6 Å². The first-order valence-electron chi connectivity index (χ1n) is 8.61. The Morgan fingerprint density at radius 3 is 2.61 bits per heavy atom. The van der Waals surface area contributed by atoms with Gasteiger partial charge in [0.1, 0.15) is 10.8 Å². The van der Waals surface area contributed by atoms with Gasteiger partial charge in [-0.05, 0) is 36.4 Å². The molecule has 0 aliphatic heterocycles. The van der Waals surface area contributed by atoms with E-state index in [4.69, 9.17) is 4.42 Å². The summed E-state index contributed by atoms with van der Waals surface area (Å²) in [6, 6.07) is 15.3. The van der Waals surface area contributed by atoms with Crippen molar-refractivity contribution in [1.82, 2.24) is 9.88 Å². The highest BCUT2D eigenvalue weighted by molar-refractivity contribution is 8.00. The van der Waals surface area contributed by atoms with Crippen LogP contribution in [0.5, 0.6) is 0 Å². The fourth-order valence-corrected chi connectivity index (χ4v) is 5.23. The average Bonchev–Trinajstić information content (AvgIpc) is 3.21. The van der Waals surface area contributed by atoms with Crippen molar-refractivity contribution in [3.05, 3.63) is 78.4 Å². The van der Waals surface area contributed by atoms with Crippen molar-refractivity contribution in [3.8, 4) is 0 Å². The predicted molar refractivity (Wildman–Crippen MR) is 108 cm³/mol. The van der Waals surface area contributed by atoms with Crippen LogP contribution in [0.25, 0.3) is 0 Å². The second-order valence-electron chi connectivity index (χ2n) is 6.08. The first-order valence-corrected chi connectivity index (χ1v) is 11.2. The molecule has 2 aromatic heterocycles. The topological polar surface area (TPSA) is 80.5 Å². The molecule has 8 heteroatoms. The second kappa shape index (κ2) is 9.07. The van der Waals surface area contributed by atoms with Gasteiger partial charge in [-0.2, -0.15) is 0 Å². The lowest BCUT2D eigenvalue weighted by Crippen LogP contribution is -2.26. The number of aromatic nitrogens is 1. The molecule has 2 heterocycles. The number of pyridine rings is 1. The Morgan fingerprint density at radius 1 is 1.11 bits per heavy atom. The Bertz CT molecular complexity index is 1020. The van der Waals surface area contributed by atoms with Crippen LogP contribution < -0.4 is 0 Å². The number of hydrogen-bond acceptors (Lipinski definition) is 6. The smallest absolute Gasteiger partial charge is 0.256 e. The van der Waals surface area contributed by atoms with Crippen LogP contribution in [0.4, 0.5) is 0 Å². The molecular weight excluding hydrogens is 396 g/mol. The summed E-state index contributed by atoms with van der Waals surface area (Å²) in [4.78, 5) is 18.9. The minimum Gasteiger partial charge on any atom is -0.467 e. The van der Waals surface area contributed by atoms with Crippen molar-refractivity contribution < 1.29 is 17.6 Å². The van der Waals surface area contributed by atoms with Gasteiger partial charge in [0.05, 0.1) is 29.0 Å². The van der Waals surface area contributed by atoms with Crippen molar-refractivity contribution in [2.24, 2.45) is 0 Å². The Labute approximate surface area is 168 Å². The van der Waals surface area contributed by atoms with Gasteiger partial charge in [-0.15, -0.1) is 11.8 Å². The van der Waals surface area contributed by atoms with Crippen LogP contribution in [0, 0.1) is 0 Å². The third-order valence-corrected chi connectivity index (χ3v) is 7.01. The molecule has 0 aliphatic carbocycles. The van der Waals surface area contributed by atoms with Crippen molar-refractivity contribution in [3.63, 3.8) is 0 Å². The Kier molecular flexibility index (Phi) is 6.53. The maximum Gasteiger partial charge on any atom is 0.256 e. The fraction of sp³-hybridized carbons (Fsp3) is 0.200. The first kappa shape index (κ1) is 20.2. The van der Waals surface area contributed by atoms with Gasteiger partial charge < -0.3 is 9.32 Å². The van der Waals surface area contributed by atoms with Gasteiger partial charge in [0.25, 0.3) is 5.91 Å². The van der Waals surface area contributed by atoms with Crippen LogP contribution in [0.3, 0.4) is 0 Å². The molecule has 1 amide bonds. The maximum atomic E-state index is 12.8. The highest BCUT2D eigenvalue weighted by Gasteiger charge is 2.19. The zero-order chi connectivity index (χ0) is 20.0. The maximum absolute atomic E-state index is 12.8. The minimum absolute atomic E-state index is 0.0336. The molecule has 0 spiro atoms. The number of hydrogen-bond donors (Lipinski definition) is 0. The lowest BCUT2D eigenvalue weighted by Gasteiger charge is -2.17. The highest BCUT2D eigenvalue weighted by atomic mass is 32.2. The molecule has 1 aromatic carbocycles. The van der Waals surface area contributed by atoms with E-state index >= 15 is 0 Å². The summed E-state index contributed by atoms with van der Waals surface area (Å²) in [5.74, 6) is 0.755. The van der Waals surface area contributed by atoms with Crippen LogP contribution in [-0.2, 0) is 16.4 Å². The molecule has 0 radical (unpaired) electrons. The van der Waals surface area contributed by atoms with E-state index in [1.54, 1.807) is 79.0 Å². The Balaban J connectivity index is 1.66. The van der Waals surface area contributed by atoms with E-state index in [1.165, 1.54) is 11.8 Å². The van der Waals surface area contributed by atoms with E-state index in [-0.39, 0.29) is 11.7 Å². The number of amides is 1. The zero-order valence-electron chi connectivity index (χ0n) is 15.3. The summed E-state index contributed by atoms with van der Waals surface area (Å²) in [7, 11) is -1.68. The molecule has 0 fully saturated rings. The standard InChI is InChI=1S/C20H20N2O4S2/c1-22(15-16-7-6-12-26-16)20(23)18-10-5-11-21-19(18)27-13-14-28(24,25)17-8-3-2-4-9-17/h2-12H,13-15H2,1H3. The molecule has 0 atom stereocenters. The molecule has 0 saturated heterocycles. The molecule has 6 nitrogen and oxygen atoms in total. The average molecular weight is 417 g/mol. The molecule has 3 rings (SSSR count). The number of sulfone groups is 1. The number of rotatable bonds is 8. The molecule has 146 valence electrons. The summed E-state index contributed by atoms with van der Waals surface area (Å²) < 4.78 is 30.1. The van der Waals surface area contributed by atoms with Crippen LogP contribution in [0.1, 0.15) is 16.1 Å². The zero-order valence-corrected chi connectivity index (χ0v) is 16.9. The largest absolute Gasteiger partial charge is 0.467 e. The predicted octanol–water partition coefficient (Wildman–Crippen LogP) is 3.51. The van der Waals surface area contributed by atoms with Crippen LogP contribution >= 0.6 is 11.8 Å². The third-order valence-electron chi connectivity index (χ3n) is 4.01. The number of carbonyl (C=O) groups is 1. The Morgan fingerprint density at radius 2 is 1.89 bits per heavy atom. The van der Waals surface area contributed by atoms with Crippen LogP contribution in [-0.4, -0.2) is 42.8 Å². The Hall–Kier alpha value is -2.58. The van der Waals surface area contributed by atoms with Gasteiger partial charge in [0.15, 0.2) is 9.84 Å². The van der Waals surface area contributed by atoms with Crippen LogP contribution in [0.15, 0.2) is 81.4 Å². The van der Waals surface area contributed by atoms with E-state index in [0.717, 1.165) is 0 Å². The normalized spacial score (nSPS) is 11.3. The molecule has 0 aliphatic rings. The lowest BCUT2D eigenvalue weighted by molar-refractivity contribution is 0.0771. The van der Waals surface area contributed by atoms with E-state index in [1.807, 2.05) is 0 Å². The number of benzene rings is 1. The van der Waals surface area contributed by atoms with Gasteiger partial charge in [-0.1, -0.05) is 18.2 Å². The lowest BCUT2D eigenvalue weighted by atomic mass is 10.2. The molecule has 28 heavy (non-hydrogen) atoms. The monoisotopic (exact) mass is 416 g/mol. The fourth-order valence-electron chi connectivity index (χ4n) is 2.58. The minimum atomic E-state index is -3.37. The summed E-state index contributed by atoms with van der Waals surface area (Å²) in [5, 5.41) is 0.516. The summed E-state index contributed by atoms with van der Waals surface area (Å²) in [6.45, 7) is 0.340. The number of furan rings is 1. The molecule has 0 N–H and O–H groups in total. The first-order chi connectivity index (χ1) is 13.5. The van der Waals surface area contributed by atoms with E-state index in [0.29, 0.717) is 33.5 Å². The SMILES string of the molecule is CN(Cc1ccco1)C(=O)c1cccnc1SCCS(=O)(=O)c1ccccc1. The third kappa shape index (κ3) is 5.02. The van der Waals surface area contributed by atoms with Gasteiger partial charge in [-0.3, -0.25) is 4.79 Å². The molecule has 0 saturated carbocycles. The number of thioether (sulfide) groups is 1. The summed E-state index contributed by atoms with van der Waals surface area (Å²) in [6.07, 6.45) is 3.16. The van der Waals surface area contributed by atoms with Crippen molar-refractivity contribution >= 4 is 27.5 Å². The molecule has 0 unspecified atom stereocenters. The highest BCUT2D eigenvalue weighted by Crippen LogP contribution is 2.23. The molecule has 0 bridgehead atoms. The van der Waals surface area contributed by atoms with Crippen molar-refractivity contribution in [1.29, 1.82) is 0 Å².